The molecular formula is C12H13ClN4O. The van der Waals surface area contributed by atoms with Crippen molar-refractivity contribution in [1.82, 2.24) is 10.2 Å². The first kappa shape index (κ1) is 12.4. The van der Waals surface area contributed by atoms with Crippen molar-refractivity contribution < 1.29 is 4.74 Å². The van der Waals surface area contributed by atoms with Gasteiger partial charge in [0, 0.05) is 11.1 Å². The Morgan fingerprint density at radius 2 is 2.06 bits per heavy atom. The lowest BCUT2D eigenvalue weighted by molar-refractivity contribution is 0.416. The van der Waals surface area contributed by atoms with Crippen LogP contribution in [-0.4, -0.2) is 17.3 Å². The summed E-state index contributed by atoms with van der Waals surface area (Å²) in [6.07, 6.45) is 0. The average Bonchev–Trinajstić information content (AvgIpc) is 2.36. The Kier molecular flexibility index (Phi) is 3.53. The Labute approximate surface area is 110 Å². The molecule has 0 aliphatic carbocycles. The predicted octanol–water partition coefficient (Wildman–Crippen LogP) is 2.77. The summed E-state index contributed by atoms with van der Waals surface area (Å²) in [5.41, 5.74) is 7.20. The summed E-state index contributed by atoms with van der Waals surface area (Å²) >= 11 is 6.04. The zero-order chi connectivity index (χ0) is 13.1. The summed E-state index contributed by atoms with van der Waals surface area (Å²) in [5.74, 6) is 1.60. The number of methoxy groups -OCH3 is 1. The summed E-state index contributed by atoms with van der Waals surface area (Å²) in [5, 5.41) is 11.5. The van der Waals surface area contributed by atoms with Gasteiger partial charge >= 0.3 is 0 Å². The molecule has 0 bridgehead atoms. The van der Waals surface area contributed by atoms with Crippen molar-refractivity contribution in [3.63, 3.8) is 0 Å². The van der Waals surface area contributed by atoms with E-state index in [1.807, 2.05) is 13.0 Å². The van der Waals surface area contributed by atoms with Gasteiger partial charge < -0.3 is 15.8 Å². The Bertz CT molecular complexity index is 557. The second-order valence-electron chi connectivity index (χ2n) is 3.77. The number of nitrogens with zero attached hydrogens (tertiary/aromatic N) is 2. The minimum atomic E-state index is 0.375. The molecule has 1 heterocycles. The number of nitrogens with one attached hydrogen (secondary N) is 1. The second-order valence-corrected chi connectivity index (χ2v) is 4.18. The van der Waals surface area contributed by atoms with Crippen LogP contribution in [0, 0.1) is 6.92 Å². The van der Waals surface area contributed by atoms with Crippen LogP contribution in [0.2, 0.25) is 5.02 Å². The first-order chi connectivity index (χ1) is 8.60. The van der Waals surface area contributed by atoms with Crippen LogP contribution in [0.1, 0.15) is 5.56 Å². The number of benzene rings is 1. The molecule has 0 saturated carbocycles. The molecule has 0 spiro atoms. The third-order valence-electron chi connectivity index (χ3n) is 2.43. The maximum absolute atomic E-state index is 6.04. The number of hydrogen-bond donors (Lipinski definition) is 2. The number of hydrogen-bond acceptors (Lipinski definition) is 5. The van der Waals surface area contributed by atoms with Gasteiger partial charge in [0.2, 0.25) is 0 Å². The van der Waals surface area contributed by atoms with Crippen LogP contribution >= 0.6 is 11.6 Å². The van der Waals surface area contributed by atoms with E-state index < -0.39 is 0 Å². The molecule has 1 aromatic heterocycles. The number of aryl methyl sites for hydroxylation is 1. The smallest absolute Gasteiger partial charge is 0.153 e. The van der Waals surface area contributed by atoms with Crippen LogP contribution in [0.3, 0.4) is 0 Å². The molecule has 0 aliphatic rings. The molecule has 5 nitrogen and oxygen atoms in total. The van der Waals surface area contributed by atoms with Crippen LogP contribution < -0.4 is 15.8 Å². The lowest BCUT2D eigenvalue weighted by atomic mass is 10.2. The number of nitrogen functional groups attached to an aromatic ring is 1. The highest BCUT2D eigenvalue weighted by Crippen LogP contribution is 2.32. The molecule has 2 rings (SSSR count). The molecule has 6 heteroatoms. The molecule has 1 aromatic carbocycles. The molecule has 94 valence electrons. The van der Waals surface area contributed by atoms with Crippen LogP contribution in [0.4, 0.5) is 17.3 Å². The van der Waals surface area contributed by atoms with E-state index in [4.69, 9.17) is 22.1 Å². The lowest BCUT2D eigenvalue weighted by Gasteiger charge is -2.12. The second kappa shape index (κ2) is 5.10. The molecule has 0 unspecified atom stereocenters. The van der Waals surface area contributed by atoms with E-state index >= 15 is 0 Å². The highest BCUT2D eigenvalue weighted by atomic mass is 35.5. The van der Waals surface area contributed by atoms with Gasteiger partial charge in [-0.2, -0.15) is 0 Å². The number of nitrogens with two attached hydrogens (primary N) is 1. The Hall–Kier alpha value is -2.01. The monoisotopic (exact) mass is 264 g/mol. The average molecular weight is 265 g/mol. The molecule has 0 radical (unpaired) electrons. The Morgan fingerprint density at radius 1 is 1.28 bits per heavy atom. The number of anilines is 3. The van der Waals surface area contributed by atoms with Gasteiger partial charge in [0.05, 0.1) is 12.8 Å². The summed E-state index contributed by atoms with van der Waals surface area (Å²) in [4.78, 5) is 0. The maximum Gasteiger partial charge on any atom is 0.153 e. The van der Waals surface area contributed by atoms with Gasteiger partial charge in [-0.25, -0.2) is 0 Å². The summed E-state index contributed by atoms with van der Waals surface area (Å²) in [7, 11) is 1.58. The fraction of sp³-hybridized carbons (Fsp3) is 0.167. The van der Waals surface area contributed by atoms with Gasteiger partial charge in [-0.05, 0) is 30.7 Å². The van der Waals surface area contributed by atoms with E-state index in [2.05, 4.69) is 15.5 Å². The van der Waals surface area contributed by atoms with Gasteiger partial charge in [-0.1, -0.05) is 11.6 Å². The van der Waals surface area contributed by atoms with Gasteiger partial charge in [0.15, 0.2) is 5.82 Å². The molecule has 0 saturated heterocycles. The molecule has 0 aliphatic heterocycles. The van der Waals surface area contributed by atoms with E-state index in [1.54, 1.807) is 25.3 Å². The normalized spacial score (nSPS) is 10.2. The van der Waals surface area contributed by atoms with Crippen LogP contribution in [0.15, 0.2) is 24.3 Å². The lowest BCUT2D eigenvalue weighted by Crippen LogP contribution is -2.00. The molecular weight excluding hydrogens is 252 g/mol. The molecule has 0 atom stereocenters. The Morgan fingerprint density at radius 3 is 2.67 bits per heavy atom. The largest absolute Gasteiger partial charge is 0.495 e. The molecule has 3 N–H and O–H groups in total. The maximum atomic E-state index is 6.04. The standard InChI is InChI=1S/C12H13ClN4O/c1-7-5-9(10(18-2)6-8(7)13)15-12-4-3-11(14)16-17-12/h3-6H,1-2H3,(H2,14,16)(H,15,17). The van der Waals surface area contributed by atoms with E-state index in [1.165, 1.54) is 0 Å². The third-order valence-corrected chi connectivity index (χ3v) is 2.84. The van der Waals surface area contributed by atoms with Crippen molar-refractivity contribution in [3.8, 4) is 5.75 Å². The summed E-state index contributed by atoms with van der Waals surface area (Å²) < 4.78 is 5.26. The van der Waals surface area contributed by atoms with Gasteiger partial charge in [-0.3, -0.25) is 0 Å². The van der Waals surface area contributed by atoms with Crippen molar-refractivity contribution in [2.75, 3.05) is 18.2 Å². The molecule has 2 aromatic rings. The van der Waals surface area contributed by atoms with E-state index in [0.717, 1.165) is 11.3 Å². The zero-order valence-electron chi connectivity index (χ0n) is 10.1. The first-order valence-electron chi connectivity index (χ1n) is 5.30. The zero-order valence-corrected chi connectivity index (χ0v) is 10.8. The molecule has 0 amide bonds. The number of halogens is 1. The summed E-state index contributed by atoms with van der Waals surface area (Å²) in [6.45, 7) is 1.92. The van der Waals surface area contributed by atoms with Crippen LogP contribution in [0.25, 0.3) is 0 Å². The minimum absolute atomic E-state index is 0.375. The number of aromatic nitrogens is 2. The fourth-order valence-corrected chi connectivity index (χ4v) is 1.63. The van der Waals surface area contributed by atoms with Crippen molar-refractivity contribution in [2.45, 2.75) is 6.92 Å². The predicted molar refractivity (Wildman–Crippen MR) is 72.5 cm³/mol. The van der Waals surface area contributed by atoms with Gasteiger partial charge in [-0.15, -0.1) is 10.2 Å². The topological polar surface area (TPSA) is 73.1 Å². The van der Waals surface area contributed by atoms with Crippen molar-refractivity contribution in [1.29, 1.82) is 0 Å². The van der Waals surface area contributed by atoms with Crippen LogP contribution in [0.5, 0.6) is 5.75 Å². The van der Waals surface area contributed by atoms with Crippen molar-refractivity contribution in [3.05, 3.63) is 34.9 Å². The SMILES string of the molecule is COc1cc(Cl)c(C)cc1Nc1ccc(N)nn1. The van der Waals surface area contributed by atoms with Gasteiger partial charge in [0.1, 0.15) is 11.6 Å². The fourth-order valence-electron chi connectivity index (χ4n) is 1.48. The quantitative estimate of drug-likeness (QED) is 0.892. The first-order valence-corrected chi connectivity index (χ1v) is 5.68. The van der Waals surface area contributed by atoms with Gasteiger partial charge in [0.25, 0.3) is 0 Å². The highest BCUT2D eigenvalue weighted by molar-refractivity contribution is 6.31. The molecule has 0 fully saturated rings. The highest BCUT2D eigenvalue weighted by Gasteiger charge is 2.08. The van der Waals surface area contributed by atoms with Crippen molar-refractivity contribution >= 4 is 28.9 Å². The Balaban J connectivity index is 2.33. The van der Waals surface area contributed by atoms with Crippen LogP contribution in [-0.2, 0) is 0 Å². The van der Waals surface area contributed by atoms with E-state index in [9.17, 15) is 0 Å². The summed E-state index contributed by atoms with van der Waals surface area (Å²) in [6, 6.07) is 7.06. The van der Waals surface area contributed by atoms with E-state index in [0.29, 0.717) is 22.4 Å². The third kappa shape index (κ3) is 2.62. The van der Waals surface area contributed by atoms with E-state index in [-0.39, 0.29) is 0 Å². The number of ether oxygens (including phenoxy) is 1. The molecule has 18 heavy (non-hydrogen) atoms. The minimum Gasteiger partial charge on any atom is -0.495 e. The number of rotatable bonds is 3. The van der Waals surface area contributed by atoms with Crippen molar-refractivity contribution in [2.24, 2.45) is 0 Å².